The van der Waals surface area contributed by atoms with Gasteiger partial charge in [0.25, 0.3) is 0 Å². The molecule has 22 heavy (non-hydrogen) atoms. The highest BCUT2D eigenvalue weighted by Gasteiger charge is 2.23. The number of methoxy groups -OCH3 is 1. The summed E-state index contributed by atoms with van der Waals surface area (Å²) in [6, 6.07) is 10.1. The summed E-state index contributed by atoms with van der Waals surface area (Å²) in [5.74, 6) is 3.38. The van der Waals surface area contributed by atoms with Gasteiger partial charge in [-0.15, -0.1) is 0 Å². The van der Waals surface area contributed by atoms with Crippen LogP contribution in [0.25, 0.3) is 0 Å². The van der Waals surface area contributed by atoms with Crippen molar-refractivity contribution in [2.24, 2.45) is 0 Å². The van der Waals surface area contributed by atoms with Crippen molar-refractivity contribution in [3.63, 3.8) is 0 Å². The minimum absolute atomic E-state index is 0.510. The van der Waals surface area contributed by atoms with Crippen LogP contribution in [0.2, 0.25) is 0 Å². The Morgan fingerprint density at radius 1 is 1.32 bits per heavy atom. The van der Waals surface area contributed by atoms with E-state index in [4.69, 9.17) is 13.9 Å². The fourth-order valence-corrected chi connectivity index (χ4v) is 2.98. The smallest absolute Gasteiger partial charge is 0.126 e. The maximum atomic E-state index is 5.78. The second kappa shape index (κ2) is 6.88. The lowest BCUT2D eigenvalue weighted by molar-refractivity contribution is 0.230. The first kappa shape index (κ1) is 15.0. The molecule has 0 saturated carbocycles. The Morgan fingerprint density at radius 2 is 2.23 bits per heavy atom. The topological polar surface area (TPSA) is 34.8 Å². The molecule has 0 amide bonds. The van der Waals surface area contributed by atoms with Gasteiger partial charge in [-0.1, -0.05) is 6.07 Å². The van der Waals surface area contributed by atoms with E-state index in [1.54, 1.807) is 13.4 Å². The van der Waals surface area contributed by atoms with Gasteiger partial charge in [-0.2, -0.15) is 0 Å². The Bertz CT molecular complexity index is 594. The predicted octanol–water partition coefficient (Wildman–Crippen LogP) is 3.33. The van der Waals surface area contributed by atoms with Crippen LogP contribution in [-0.4, -0.2) is 38.8 Å². The third kappa shape index (κ3) is 3.45. The van der Waals surface area contributed by atoms with Gasteiger partial charge in [-0.25, -0.2) is 0 Å². The first-order valence-corrected chi connectivity index (χ1v) is 7.78. The van der Waals surface area contributed by atoms with Crippen LogP contribution >= 0.6 is 0 Å². The van der Waals surface area contributed by atoms with Gasteiger partial charge in [-0.05, 0) is 37.2 Å². The number of ether oxygens (including phenoxy) is 2. The number of nitrogens with zero attached hydrogens (tertiary/aromatic N) is 1. The molecule has 0 bridgehead atoms. The van der Waals surface area contributed by atoms with Gasteiger partial charge >= 0.3 is 0 Å². The monoisotopic (exact) mass is 301 g/mol. The van der Waals surface area contributed by atoms with Crippen molar-refractivity contribution in [2.75, 3.05) is 33.9 Å². The van der Waals surface area contributed by atoms with Crippen LogP contribution in [0.5, 0.6) is 11.5 Å². The number of fused-ring (bicyclic) bond motifs is 1. The molecule has 3 rings (SSSR count). The van der Waals surface area contributed by atoms with E-state index in [0.29, 0.717) is 5.92 Å². The molecule has 0 saturated heterocycles. The molecule has 1 aromatic carbocycles. The van der Waals surface area contributed by atoms with Gasteiger partial charge in [0.1, 0.15) is 17.3 Å². The predicted molar refractivity (Wildman–Crippen MR) is 85.8 cm³/mol. The summed E-state index contributed by atoms with van der Waals surface area (Å²) in [6.07, 6.45) is 3.74. The maximum absolute atomic E-state index is 5.78. The highest BCUT2D eigenvalue weighted by molar-refractivity contribution is 5.44. The van der Waals surface area contributed by atoms with Gasteiger partial charge in [0.15, 0.2) is 0 Å². The molecule has 0 radical (unpaired) electrons. The van der Waals surface area contributed by atoms with Gasteiger partial charge in [-0.3, -0.25) is 0 Å². The summed E-state index contributed by atoms with van der Waals surface area (Å²) in [6.45, 7) is 2.80. The van der Waals surface area contributed by atoms with Crippen LogP contribution in [0.4, 0.5) is 0 Å². The third-order valence-electron chi connectivity index (χ3n) is 4.24. The Hall–Kier alpha value is -1.94. The molecule has 118 valence electrons. The largest absolute Gasteiger partial charge is 0.497 e. The molecule has 4 nitrogen and oxygen atoms in total. The zero-order valence-electron chi connectivity index (χ0n) is 13.2. The van der Waals surface area contributed by atoms with Gasteiger partial charge in [0.05, 0.1) is 20.0 Å². The Morgan fingerprint density at radius 3 is 3.00 bits per heavy atom. The van der Waals surface area contributed by atoms with E-state index in [0.717, 1.165) is 49.8 Å². The minimum Gasteiger partial charge on any atom is -0.497 e. The SMILES string of the molecule is COc1ccc2c(c1)OCCC2CN(C)CCc1ccco1. The lowest BCUT2D eigenvalue weighted by Crippen LogP contribution is -2.29. The van der Waals surface area contributed by atoms with Crippen molar-refractivity contribution in [1.29, 1.82) is 0 Å². The molecule has 0 spiro atoms. The first-order valence-electron chi connectivity index (χ1n) is 7.78. The molecule has 4 heteroatoms. The highest BCUT2D eigenvalue weighted by Crippen LogP contribution is 2.36. The zero-order valence-corrected chi connectivity index (χ0v) is 13.2. The third-order valence-corrected chi connectivity index (χ3v) is 4.24. The second-order valence-corrected chi connectivity index (χ2v) is 5.83. The molecule has 0 fully saturated rings. The summed E-state index contributed by atoms with van der Waals surface area (Å²) in [5.41, 5.74) is 1.29. The number of rotatable bonds is 6. The van der Waals surface area contributed by atoms with Crippen molar-refractivity contribution < 1.29 is 13.9 Å². The van der Waals surface area contributed by atoms with E-state index in [1.165, 1.54) is 5.56 Å². The fourth-order valence-electron chi connectivity index (χ4n) is 2.98. The molecule has 1 aliphatic rings. The van der Waals surface area contributed by atoms with Crippen molar-refractivity contribution in [1.82, 2.24) is 4.90 Å². The summed E-state index contributed by atoms with van der Waals surface area (Å²) in [7, 11) is 3.85. The summed E-state index contributed by atoms with van der Waals surface area (Å²) in [5, 5.41) is 0. The van der Waals surface area contributed by atoms with E-state index >= 15 is 0 Å². The van der Waals surface area contributed by atoms with Crippen LogP contribution in [-0.2, 0) is 6.42 Å². The van der Waals surface area contributed by atoms with E-state index in [1.807, 2.05) is 24.3 Å². The molecule has 2 heterocycles. The Labute approximate surface area is 131 Å². The first-order chi connectivity index (χ1) is 10.8. The lowest BCUT2D eigenvalue weighted by Gasteiger charge is -2.29. The van der Waals surface area contributed by atoms with Crippen molar-refractivity contribution in [3.8, 4) is 11.5 Å². The van der Waals surface area contributed by atoms with Crippen molar-refractivity contribution in [2.45, 2.75) is 18.8 Å². The zero-order chi connectivity index (χ0) is 15.4. The molecule has 2 aromatic rings. The molecule has 1 unspecified atom stereocenters. The number of benzene rings is 1. The van der Waals surface area contributed by atoms with E-state index < -0.39 is 0 Å². The molecule has 1 aromatic heterocycles. The van der Waals surface area contributed by atoms with E-state index in [9.17, 15) is 0 Å². The van der Waals surface area contributed by atoms with Crippen LogP contribution in [0, 0.1) is 0 Å². The summed E-state index contributed by atoms with van der Waals surface area (Å²) in [4.78, 5) is 2.37. The molecule has 0 aliphatic carbocycles. The lowest BCUT2D eigenvalue weighted by atomic mass is 9.92. The Balaban J connectivity index is 1.61. The number of furan rings is 1. The number of hydrogen-bond acceptors (Lipinski definition) is 4. The fraction of sp³-hybridized carbons (Fsp3) is 0.444. The average Bonchev–Trinajstić information content (AvgIpc) is 3.06. The normalized spacial score (nSPS) is 17.1. The summed E-state index contributed by atoms with van der Waals surface area (Å²) < 4.78 is 16.5. The van der Waals surface area contributed by atoms with E-state index in [-0.39, 0.29) is 0 Å². The quantitative estimate of drug-likeness (QED) is 0.820. The van der Waals surface area contributed by atoms with Crippen LogP contribution in [0.1, 0.15) is 23.7 Å². The molecule has 1 atom stereocenters. The average molecular weight is 301 g/mol. The van der Waals surface area contributed by atoms with Crippen molar-refractivity contribution in [3.05, 3.63) is 47.9 Å². The van der Waals surface area contributed by atoms with Gasteiger partial charge in [0, 0.05) is 31.5 Å². The summed E-state index contributed by atoms with van der Waals surface area (Å²) >= 11 is 0. The molecule has 1 aliphatic heterocycles. The second-order valence-electron chi connectivity index (χ2n) is 5.83. The molecular formula is C18H23NO3. The van der Waals surface area contributed by atoms with Crippen LogP contribution < -0.4 is 9.47 Å². The number of likely N-dealkylation sites (N-methyl/N-ethyl adjacent to an activating group) is 1. The molecular weight excluding hydrogens is 278 g/mol. The number of hydrogen-bond donors (Lipinski definition) is 0. The minimum atomic E-state index is 0.510. The van der Waals surface area contributed by atoms with Crippen LogP contribution in [0.15, 0.2) is 41.0 Å². The van der Waals surface area contributed by atoms with Gasteiger partial charge < -0.3 is 18.8 Å². The van der Waals surface area contributed by atoms with Crippen molar-refractivity contribution >= 4 is 0 Å². The Kier molecular flexibility index (Phi) is 4.68. The maximum Gasteiger partial charge on any atom is 0.126 e. The highest BCUT2D eigenvalue weighted by atomic mass is 16.5. The van der Waals surface area contributed by atoms with Crippen LogP contribution in [0.3, 0.4) is 0 Å². The van der Waals surface area contributed by atoms with E-state index in [2.05, 4.69) is 18.0 Å². The van der Waals surface area contributed by atoms with Gasteiger partial charge in [0.2, 0.25) is 0 Å². The molecule has 0 N–H and O–H groups in total. The standard InChI is InChI=1S/C18H23NO3/c1-19(9-7-15-4-3-10-21-15)13-14-8-11-22-18-12-16(20-2)5-6-17(14)18/h3-6,10,12,14H,7-9,11,13H2,1-2H3.